The number of carbonyl (C=O) groups excluding carboxylic acids is 1. The van der Waals surface area contributed by atoms with Crippen LogP contribution in [0.5, 0.6) is 5.75 Å². The van der Waals surface area contributed by atoms with Crippen molar-refractivity contribution >= 4 is 6.03 Å². The zero-order chi connectivity index (χ0) is 17.5. The van der Waals surface area contributed by atoms with Crippen molar-refractivity contribution in [2.75, 3.05) is 0 Å². The molecule has 128 valence electrons. The Labute approximate surface area is 138 Å². The normalized spacial score (nSPS) is 11.9. The van der Waals surface area contributed by atoms with Gasteiger partial charge in [-0.1, -0.05) is 12.1 Å². The van der Waals surface area contributed by atoms with Gasteiger partial charge in [-0.25, -0.2) is 14.8 Å². The van der Waals surface area contributed by atoms with Gasteiger partial charge in [0.15, 0.2) is 0 Å². The van der Waals surface area contributed by atoms with Crippen molar-refractivity contribution in [3.8, 4) is 5.75 Å². The third kappa shape index (κ3) is 5.45. The molecule has 2 N–H and O–H groups in total. The predicted molar refractivity (Wildman–Crippen MR) is 83.6 cm³/mol. The summed E-state index contributed by atoms with van der Waals surface area (Å²) >= 11 is 0. The molecule has 0 saturated carbocycles. The largest absolute Gasteiger partial charge is 0.435 e. The molecule has 0 aliphatic carbocycles. The Hall–Kier alpha value is -2.77. The third-order valence-electron chi connectivity index (χ3n) is 3.22. The summed E-state index contributed by atoms with van der Waals surface area (Å²) in [5, 5.41) is 5.46. The van der Waals surface area contributed by atoms with Crippen molar-refractivity contribution in [1.29, 1.82) is 0 Å². The molecule has 1 heterocycles. The Balaban J connectivity index is 1.84. The molecule has 6 nitrogen and oxygen atoms in total. The van der Waals surface area contributed by atoms with Gasteiger partial charge >= 0.3 is 12.6 Å². The molecular weight excluding hydrogens is 318 g/mol. The van der Waals surface area contributed by atoms with E-state index in [1.807, 2.05) is 0 Å². The maximum Gasteiger partial charge on any atom is 0.387 e. The van der Waals surface area contributed by atoms with E-state index in [9.17, 15) is 13.6 Å². The Morgan fingerprint density at radius 3 is 2.58 bits per heavy atom. The van der Waals surface area contributed by atoms with E-state index in [0.717, 1.165) is 5.56 Å². The summed E-state index contributed by atoms with van der Waals surface area (Å²) in [6.07, 6.45) is 1.63. The number of benzene rings is 1. The van der Waals surface area contributed by atoms with Crippen LogP contribution in [0.3, 0.4) is 0 Å². The molecule has 0 bridgehead atoms. The molecule has 0 spiro atoms. The zero-order valence-corrected chi connectivity index (χ0v) is 13.3. The Bertz CT molecular complexity index is 680. The standard InChI is InChI=1S/C16H18F2N4O2/c1-10(12-3-5-14(6-4-12)24-15(17)18)21-16(23)20-9-13-7-8-19-11(2)22-13/h3-8,10,15H,9H2,1-2H3,(H2,20,21,23)/t10-/m0/s1. The van der Waals surface area contributed by atoms with Crippen molar-refractivity contribution in [2.45, 2.75) is 33.0 Å². The third-order valence-corrected chi connectivity index (χ3v) is 3.22. The van der Waals surface area contributed by atoms with Crippen LogP contribution in [-0.2, 0) is 6.54 Å². The first-order valence-electron chi connectivity index (χ1n) is 7.31. The van der Waals surface area contributed by atoms with Crippen LogP contribution in [0.4, 0.5) is 13.6 Å². The molecule has 0 fully saturated rings. The number of aromatic nitrogens is 2. The molecule has 0 saturated heterocycles. The molecule has 8 heteroatoms. The second-order valence-electron chi connectivity index (χ2n) is 5.09. The minimum absolute atomic E-state index is 0.0736. The molecule has 24 heavy (non-hydrogen) atoms. The summed E-state index contributed by atoms with van der Waals surface area (Å²) in [5.41, 5.74) is 1.48. The second-order valence-corrected chi connectivity index (χ2v) is 5.09. The zero-order valence-electron chi connectivity index (χ0n) is 13.3. The Morgan fingerprint density at radius 2 is 1.96 bits per heavy atom. The lowest BCUT2D eigenvalue weighted by Gasteiger charge is -2.15. The number of halogens is 2. The number of ether oxygens (including phenoxy) is 1. The van der Waals surface area contributed by atoms with Crippen LogP contribution >= 0.6 is 0 Å². The Morgan fingerprint density at radius 1 is 1.25 bits per heavy atom. The number of hydrogen-bond donors (Lipinski definition) is 2. The molecular formula is C16H18F2N4O2. The van der Waals surface area contributed by atoms with Crippen molar-refractivity contribution in [3.05, 3.63) is 53.6 Å². The summed E-state index contributed by atoms with van der Waals surface area (Å²) in [4.78, 5) is 20.1. The lowest BCUT2D eigenvalue weighted by atomic mass is 10.1. The van der Waals surface area contributed by atoms with Gasteiger partial charge in [0.2, 0.25) is 0 Å². The highest BCUT2D eigenvalue weighted by atomic mass is 19.3. The van der Waals surface area contributed by atoms with Crippen LogP contribution in [0.15, 0.2) is 36.5 Å². The SMILES string of the molecule is Cc1nccc(CNC(=O)N[C@@H](C)c2ccc(OC(F)F)cc2)n1. The van der Waals surface area contributed by atoms with E-state index in [1.54, 1.807) is 38.2 Å². The first-order valence-corrected chi connectivity index (χ1v) is 7.31. The average Bonchev–Trinajstić information content (AvgIpc) is 2.53. The van der Waals surface area contributed by atoms with E-state index < -0.39 is 6.61 Å². The molecule has 2 amide bonds. The fourth-order valence-corrected chi connectivity index (χ4v) is 2.04. The van der Waals surface area contributed by atoms with Crippen LogP contribution in [-0.4, -0.2) is 22.6 Å². The molecule has 1 aromatic carbocycles. The summed E-state index contributed by atoms with van der Waals surface area (Å²) in [6.45, 7) is 0.982. The fraction of sp³-hybridized carbons (Fsp3) is 0.312. The van der Waals surface area contributed by atoms with Gasteiger partial charge in [0.25, 0.3) is 0 Å². The smallest absolute Gasteiger partial charge is 0.387 e. The summed E-state index contributed by atoms with van der Waals surface area (Å²) in [7, 11) is 0. The average molecular weight is 336 g/mol. The number of carbonyl (C=O) groups is 1. The molecule has 0 aliphatic heterocycles. The van der Waals surface area contributed by atoms with E-state index >= 15 is 0 Å². The molecule has 2 rings (SSSR count). The predicted octanol–water partition coefficient (Wildman–Crippen LogP) is 2.95. The maximum absolute atomic E-state index is 12.1. The van der Waals surface area contributed by atoms with Crippen LogP contribution < -0.4 is 15.4 Å². The monoisotopic (exact) mass is 336 g/mol. The van der Waals surface area contributed by atoms with Gasteiger partial charge in [-0.3, -0.25) is 0 Å². The topological polar surface area (TPSA) is 76.1 Å². The van der Waals surface area contributed by atoms with Crippen LogP contribution in [0.25, 0.3) is 0 Å². The first kappa shape index (κ1) is 17.6. The lowest BCUT2D eigenvalue weighted by molar-refractivity contribution is -0.0498. The van der Waals surface area contributed by atoms with E-state index in [0.29, 0.717) is 11.5 Å². The van der Waals surface area contributed by atoms with E-state index in [2.05, 4.69) is 25.3 Å². The minimum Gasteiger partial charge on any atom is -0.435 e. The van der Waals surface area contributed by atoms with E-state index in [4.69, 9.17) is 0 Å². The number of rotatable bonds is 6. The van der Waals surface area contributed by atoms with Crippen LogP contribution in [0.2, 0.25) is 0 Å². The molecule has 1 aromatic heterocycles. The van der Waals surface area contributed by atoms with E-state index in [-0.39, 0.29) is 24.4 Å². The molecule has 1 atom stereocenters. The highest BCUT2D eigenvalue weighted by molar-refractivity contribution is 5.74. The summed E-state index contributed by atoms with van der Waals surface area (Å²) < 4.78 is 28.5. The van der Waals surface area contributed by atoms with Gasteiger partial charge in [-0.2, -0.15) is 8.78 Å². The number of alkyl halides is 2. The molecule has 2 aromatic rings. The Kier molecular flexibility index (Phi) is 6.00. The fourth-order valence-electron chi connectivity index (χ4n) is 2.04. The number of nitrogens with zero attached hydrogens (tertiary/aromatic N) is 2. The lowest BCUT2D eigenvalue weighted by Crippen LogP contribution is -2.36. The van der Waals surface area contributed by atoms with Crippen molar-refractivity contribution in [1.82, 2.24) is 20.6 Å². The second kappa shape index (κ2) is 8.19. The maximum atomic E-state index is 12.1. The van der Waals surface area contributed by atoms with Gasteiger partial charge in [0.1, 0.15) is 11.6 Å². The highest BCUT2D eigenvalue weighted by Gasteiger charge is 2.10. The summed E-state index contributed by atoms with van der Waals surface area (Å²) in [5.74, 6) is 0.707. The first-order chi connectivity index (χ1) is 11.4. The number of urea groups is 1. The van der Waals surface area contributed by atoms with E-state index in [1.165, 1.54) is 12.1 Å². The van der Waals surface area contributed by atoms with Gasteiger partial charge in [0.05, 0.1) is 18.3 Å². The number of hydrogen-bond acceptors (Lipinski definition) is 4. The van der Waals surface area contributed by atoms with Gasteiger partial charge in [0, 0.05) is 6.20 Å². The van der Waals surface area contributed by atoms with Gasteiger partial charge in [-0.15, -0.1) is 0 Å². The number of amides is 2. The number of nitrogens with one attached hydrogen (secondary N) is 2. The molecule has 0 unspecified atom stereocenters. The molecule has 0 aliphatic rings. The quantitative estimate of drug-likeness (QED) is 0.850. The van der Waals surface area contributed by atoms with Crippen LogP contribution in [0, 0.1) is 6.92 Å². The van der Waals surface area contributed by atoms with Crippen molar-refractivity contribution in [3.63, 3.8) is 0 Å². The van der Waals surface area contributed by atoms with Gasteiger partial charge in [-0.05, 0) is 37.6 Å². The van der Waals surface area contributed by atoms with Gasteiger partial charge < -0.3 is 15.4 Å². The van der Waals surface area contributed by atoms with Crippen molar-refractivity contribution < 1.29 is 18.3 Å². The highest BCUT2D eigenvalue weighted by Crippen LogP contribution is 2.19. The summed E-state index contributed by atoms with van der Waals surface area (Å²) in [6, 6.07) is 7.18. The van der Waals surface area contributed by atoms with Crippen molar-refractivity contribution in [2.24, 2.45) is 0 Å². The number of aryl methyl sites for hydroxylation is 1. The molecule has 0 radical (unpaired) electrons. The minimum atomic E-state index is -2.86. The van der Waals surface area contributed by atoms with Crippen LogP contribution in [0.1, 0.15) is 30.0 Å².